The van der Waals surface area contributed by atoms with Crippen molar-refractivity contribution in [1.29, 1.82) is 0 Å². The molecular weight excluding hydrogens is 763 g/mol. The van der Waals surface area contributed by atoms with Crippen LogP contribution in [0.25, 0.3) is 43.8 Å². The standard InChI is InChI=1S/C21H25Si.C20H23Si.C2H6Si.2ClH.Zr/c1-6-16-13-20-15(2)7-12-19(21(20)14-16)17-8-10-18(11-9-17)22(3,4)5;1-14-12-19-15(2)6-11-18(20(19)13-14)16-7-9-17(10-8-16)21(3,4)5;1-3-2;;;/h7-14H,6H2,1-5H3;6-13H,1-5H3;1-2H3;2*1H;/q2*-1;;;;+4/p-2. The van der Waals surface area contributed by atoms with E-state index in [0.717, 1.165) is 15.9 Å². The van der Waals surface area contributed by atoms with E-state index in [-0.39, 0.29) is 0 Å². The molecule has 0 aromatic heterocycles. The normalized spacial score (nSPS) is 11.1. The predicted octanol–water partition coefficient (Wildman–Crippen LogP) is 13.2. The third-order valence-electron chi connectivity index (χ3n) is 8.95. The van der Waals surface area contributed by atoms with Crippen LogP contribution >= 0.6 is 17.0 Å². The summed E-state index contributed by atoms with van der Waals surface area (Å²) in [5, 5.41) is 8.62. The number of hydrogen-bond donors (Lipinski definition) is 0. The monoisotopic (exact) mass is 814 g/mol. The molecule has 0 nitrogen and oxygen atoms in total. The maximum atomic E-state index is 4.93. The summed E-state index contributed by atoms with van der Waals surface area (Å²) in [5.74, 6) is 0. The fourth-order valence-electron chi connectivity index (χ4n) is 6.10. The summed E-state index contributed by atoms with van der Waals surface area (Å²) in [5.41, 5.74) is 10.9. The van der Waals surface area contributed by atoms with Crippen molar-refractivity contribution >= 4 is 74.6 Å². The molecule has 0 bridgehead atoms. The Labute approximate surface area is 320 Å². The van der Waals surface area contributed by atoms with E-state index < -0.39 is 37.0 Å². The van der Waals surface area contributed by atoms with E-state index in [1.54, 1.807) is 0 Å². The average Bonchev–Trinajstić information content (AvgIpc) is 3.67. The van der Waals surface area contributed by atoms with Gasteiger partial charge in [0.15, 0.2) is 0 Å². The van der Waals surface area contributed by atoms with Gasteiger partial charge < -0.3 is 0 Å². The van der Waals surface area contributed by atoms with Crippen LogP contribution in [0.4, 0.5) is 0 Å². The van der Waals surface area contributed by atoms with Gasteiger partial charge in [-0.05, 0) is 17.5 Å². The summed E-state index contributed by atoms with van der Waals surface area (Å²) in [6.07, 6.45) is 1.10. The van der Waals surface area contributed by atoms with Gasteiger partial charge in [0.05, 0.1) is 16.1 Å². The van der Waals surface area contributed by atoms with Gasteiger partial charge in [-0.15, -0.1) is 68.1 Å². The Bertz CT molecular complexity index is 1920. The van der Waals surface area contributed by atoms with E-state index >= 15 is 0 Å². The van der Waals surface area contributed by atoms with Crippen molar-refractivity contribution in [3.05, 3.63) is 119 Å². The summed E-state index contributed by atoms with van der Waals surface area (Å²) in [6.45, 7) is 27.5. The number of hydrogen-bond acceptors (Lipinski definition) is 0. The minimum absolute atomic E-state index is 0.826. The number of rotatable bonds is 5. The SMILES string of the molecule is CCc1cc2c(-c3ccc([Si](C)(C)C)cc3)ccc(C)c2[cH-]1.C[Si]C.Cc1cc2c(-c3ccc([Si](C)(C)C)cc3)ccc(C)c2[cH-]1.[Cl][Zr+2][Cl]. The molecule has 0 spiro atoms. The number of benzene rings is 4. The van der Waals surface area contributed by atoms with Crippen LogP contribution in [0.3, 0.4) is 0 Å². The first kappa shape index (κ1) is 41.6. The topological polar surface area (TPSA) is 0 Å². The molecule has 6 aromatic carbocycles. The Morgan fingerprint density at radius 2 is 0.959 bits per heavy atom. The van der Waals surface area contributed by atoms with E-state index in [2.05, 4.69) is 177 Å². The molecule has 49 heavy (non-hydrogen) atoms. The van der Waals surface area contributed by atoms with Gasteiger partial charge in [-0.3, -0.25) is 0 Å². The fourth-order valence-corrected chi connectivity index (χ4v) is 8.43. The summed E-state index contributed by atoms with van der Waals surface area (Å²) < 4.78 is 0. The molecular formula is C43H54Cl2Si3Zr. The van der Waals surface area contributed by atoms with Crippen LogP contribution in [-0.4, -0.2) is 25.7 Å². The van der Waals surface area contributed by atoms with Crippen molar-refractivity contribution in [3.8, 4) is 22.3 Å². The molecule has 0 aliphatic carbocycles. The second-order valence-electron chi connectivity index (χ2n) is 15.0. The second-order valence-corrected chi connectivity index (χ2v) is 29.9. The van der Waals surface area contributed by atoms with Crippen LogP contribution < -0.4 is 10.4 Å². The Balaban J connectivity index is 0.000000229. The van der Waals surface area contributed by atoms with Gasteiger partial charge in [0.1, 0.15) is 0 Å². The van der Waals surface area contributed by atoms with E-state index in [0.29, 0.717) is 0 Å². The molecule has 0 aliphatic heterocycles. The summed E-state index contributed by atoms with van der Waals surface area (Å²) >= 11 is -0.826. The van der Waals surface area contributed by atoms with Crippen molar-refractivity contribution in [2.24, 2.45) is 0 Å². The van der Waals surface area contributed by atoms with Crippen LogP contribution in [0.2, 0.25) is 52.4 Å². The number of aryl methyl sites for hydroxylation is 4. The second kappa shape index (κ2) is 18.6. The van der Waals surface area contributed by atoms with Gasteiger partial charge in [-0.1, -0.05) is 162 Å². The quantitative estimate of drug-likeness (QED) is 0.120. The molecule has 6 heteroatoms. The molecule has 6 aromatic rings. The van der Waals surface area contributed by atoms with Crippen molar-refractivity contribution in [2.45, 2.75) is 86.5 Å². The Hall–Kier alpha value is -1.79. The molecule has 0 heterocycles. The molecule has 0 amide bonds. The van der Waals surface area contributed by atoms with Crippen molar-refractivity contribution in [2.75, 3.05) is 0 Å². The third-order valence-corrected chi connectivity index (χ3v) is 13.1. The van der Waals surface area contributed by atoms with E-state index in [1.807, 2.05) is 0 Å². The summed E-state index contributed by atoms with van der Waals surface area (Å²) in [4.78, 5) is 0. The van der Waals surface area contributed by atoms with Gasteiger partial charge in [-0.2, -0.15) is 12.1 Å². The molecule has 0 atom stereocenters. The maximum absolute atomic E-state index is 4.93. The predicted molar refractivity (Wildman–Crippen MR) is 229 cm³/mol. The third kappa shape index (κ3) is 11.1. The number of halogens is 2. The van der Waals surface area contributed by atoms with Gasteiger partial charge in [0.25, 0.3) is 0 Å². The zero-order valence-electron chi connectivity index (χ0n) is 31.7. The minimum atomic E-state index is -1.22. The van der Waals surface area contributed by atoms with Crippen LogP contribution in [0.1, 0.15) is 29.2 Å². The number of fused-ring (bicyclic) bond motifs is 2. The Morgan fingerprint density at radius 1 is 0.592 bits per heavy atom. The molecule has 0 unspecified atom stereocenters. The zero-order valence-corrected chi connectivity index (χ0v) is 38.7. The van der Waals surface area contributed by atoms with Crippen molar-refractivity contribution in [3.63, 3.8) is 0 Å². The van der Waals surface area contributed by atoms with Crippen LogP contribution in [0.5, 0.6) is 0 Å². The van der Waals surface area contributed by atoms with Gasteiger partial charge in [0.2, 0.25) is 0 Å². The molecule has 0 saturated heterocycles. The summed E-state index contributed by atoms with van der Waals surface area (Å²) in [6, 6.07) is 36.9. The molecule has 0 N–H and O–H groups in total. The molecule has 0 saturated carbocycles. The van der Waals surface area contributed by atoms with Crippen molar-refractivity contribution in [1.82, 2.24) is 0 Å². The van der Waals surface area contributed by atoms with Crippen LogP contribution in [0.15, 0.2) is 97.1 Å². The average molecular weight is 817 g/mol. The van der Waals surface area contributed by atoms with E-state index in [9.17, 15) is 0 Å². The van der Waals surface area contributed by atoms with E-state index in [4.69, 9.17) is 17.0 Å². The van der Waals surface area contributed by atoms with Gasteiger partial charge in [0, 0.05) is 9.52 Å². The Kier molecular flexibility index (Phi) is 15.8. The van der Waals surface area contributed by atoms with Gasteiger partial charge in [-0.25, -0.2) is 0 Å². The first-order valence-electron chi connectivity index (χ1n) is 17.2. The molecule has 256 valence electrons. The Morgan fingerprint density at radius 3 is 1.33 bits per heavy atom. The van der Waals surface area contributed by atoms with Crippen LogP contribution in [0, 0.1) is 20.8 Å². The first-order valence-corrected chi connectivity index (χ1v) is 32.5. The van der Waals surface area contributed by atoms with Crippen molar-refractivity contribution < 1.29 is 20.8 Å². The van der Waals surface area contributed by atoms with Gasteiger partial charge >= 0.3 is 37.9 Å². The van der Waals surface area contributed by atoms with Crippen LogP contribution in [-0.2, 0) is 27.3 Å². The molecule has 0 fully saturated rings. The fraction of sp³-hybridized carbons (Fsp3) is 0.302. The zero-order chi connectivity index (χ0) is 36.5. The molecule has 0 aliphatic rings. The molecule has 6 rings (SSSR count). The first-order chi connectivity index (χ1) is 23.1. The van der Waals surface area contributed by atoms with E-state index in [1.165, 1.54) is 76.4 Å². The summed E-state index contributed by atoms with van der Waals surface area (Å²) in [7, 11) is 8.51. The molecule has 2 radical (unpaired) electrons.